The van der Waals surface area contributed by atoms with Gasteiger partial charge in [-0.25, -0.2) is 13.8 Å². The number of alkyl halides is 2. The highest BCUT2D eigenvalue weighted by molar-refractivity contribution is 6.07. The van der Waals surface area contributed by atoms with E-state index in [1.54, 1.807) is 30.5 Å². The standard InChI is InChI=1S/C23H19F2N5O3/c1-33-20-5-3-15(11-28-20)14-2-4-19-18(8-14)17(6-7-27-19)22(32)29-12-21(31)30-13-23(24,25)9-16(30)10-26/h2-8,11,16H,9,12-13H2,1H3,(H,29,32)/t16-/m0/s1. The zero-order valence-electron chi connectivity index (χ0n) is 17.6. The molecule has 1 fully saturated rings. The number of fused-ring (bicyclic) bond motifs is 1. The van der Waals surface area contributed by atoms with Crippen molar-refractivity contribution in [2.45, 2.75) is 18.4 Å². The minimum absolute atomic E-state index is 0.278. The van der Waals surface area contributed by atoms with Crippen LogP contribution in [-0.4, -0.2) is 58.8 Å². The zero-order valence-corrected chi connectivity index (χ0v) is 17.6. The Hall–Kier alpha value is -4.13. The van der Waals surface area contributed by atoms with E-state index in [-0.39, 0.29) is 5.56 Å². The number of hydrogen-bond acceptors (Lipinski definition) is 6. The number of ether oxygens (including phenoxy) is 1. The molecule has 0 spiro atoms. The highest BCUT2D eigenvalue weighted by atomic mass is 19.3. The summed E-state index contributed by atoms with van der Waals surface area (Å²) in [6.07, 6.45) is 2.41. The smallest absolute Gasteiger partial charge is 0.268 e. The van der Waals surface area contributed by atoms with Crippen LogP contribution in [0, 0.1) is 11.3 Å². The first kappa shape index (κ1) is 22.1. The topological polar surface area (TPSA) is 108 Å². The molecule has 0 saturated carbocycles. The van der Waals surface area contributed by atoms with E-state index in [0.717, 1.165) is 16.0 Å². The van der Waals surface area contributed by atoms with Crippen LogP contribution >= 0.6 is 0 Å². The lowest BCUT2D eigenvalue weighted by Crippen LogP contribution is -2.43. The Morgan fingerprint density at radius 1 is 1.24 bits per heavy atom. The predicted octanol–water partition coefficient (Wildman–Crippen LogP) is 2.79. The van der Waals surface area contributed by atoms with Gasteiger partial charge in [0.05, 0.1) is 37.3 Å². The van der Waals surface area contributed by atoms with Crippen molar-refractivity contribution in [3.05, 3.63) is 54.4 Å². The zero-order chi connectivity index (χ0) is 23.6. The van der Waals surface area contributed by atoms with Crippen LogP contribution in [-0.2, 0) is 4.79 Å². The van der Waals surface area contributed by atoms with Crippen LogP contribution < -0.4 is 10.1 Å². The fraction of sp³-hybridized carbons (Fsp3) is 0.261. The number of methoxy groups -OCH3 is 1. The number of halogens is 2. The van der Waals surface area contributed by atoms with E-state index < -0.39 is 43.3 Å². The van der Waals surface area contributed by atoms with Gasteiger partial charge in [-0.1, -0.05) is 6.07 Å². The maximum Gasteiger partial charge on any atom is 0.268 e. The number of carbonyl (C=O) groups excluding carboxylic acids is 2. The summed E-state index contributed by atoms with van der Waals surface area (Å²) in [4.78, 5) is 34.5. The van der Waals surface area contributed by atoms with Gasteiger partial charge in [-0.15, -0.1) is 0 Å². The number of benzene rings is 1. The molecule has 0 radical (unpaired) electrons. The van der Waals surface area contributed by atoms with E-state index in [9.17, 15) is 18.4 Å². The summed E-state index contributed by atoms with van der Waals surface area (Å²) in [5.74, 6) is -3.94. The minimum Gasteiger partial charge on any atom is -0.481 e. The molecule has 1 aromatic carbocycles. The second-order valence-electron chi connectivity index (χ2n) is 7.59. The lowest BCUT2D eigenvalue weighted by Gasteiger charge is -2.19. The molecular formula is C23H19F2N5O3. The summed E-state index contributed by atoms with van der Waals surface area (Å²) in [5, 5.41) is 12.1. The SMILES string of the molecule is COc1ccc(-c2ccc3nccc(C(=O)NCC(=O)N4CC(F)(F)C[C@H]4C#N)c3c2)cn1. The Balaban J connectivity index is 1.54. The van der Waals surface area contributed by atoms with Gasteiger partial charge in [0.2, 0.25) is 11.8 Å². The first-order valence-corrected chi connectivity index (χ1v) is 10.1. The van der Waals surface area contributed by atoms with Gasteiger partial charge in [0.15, 0.2) is 0 Å². The van der Waals surface area contributed by atoms with Crippen LogP contribution in [0.5, 0.6) is 5.88 Å². The summed E-state index contributed by atoms with van der Waals surface area (Å²) in [7, 11) is 1.52. The van der Waals surface area contributed by atoms with Crippen LogP contribution in [0.25, 0.3) is 22.0 Å². The van der Waals surface area contributed by atoms with Crippen molar-refractivity contribution in [1.29, 1.82) is 5.26 Å². The second kappa shape index (κ2) is 8.78. The molecule has 168 valence electrons. The molecule has 0 unspecified atom stereocenters. The molecule has 1 N–H and O–H groups in total. The number of carbonyl (C=O) groups is 2. The van der Waals surface area contributed by atoms with E-state index in [1.165, 1.54) is 19.4 Å². The number of nitrogens with one attached hydrogen (secondary N) is 1. The van der Waals surface area contributed by atoms with Crippen LogP contribution in [0.1, 0.15) is 16.8 Å². The van der Waals surface area contributed by atoms with Gasteiger partial charge < -0.3 is 15.0 Å². The first-order valence-electron chi connectivity index (χ1n) is 10.1. The number of aromatic nitrogens is 2. The first-order chi connectivity index (χ1) is 15.8. The number of amides is 2. The number of hydrogen-bond donors (Lipinski definition) is 1. The third-order valence-corrected chi connectivity index (χ3v) is 5.40. The lowest BCUT2D eigenvalue weighted by atomic mass is 10.0. The maximum atomic E-state index is 13.6. The van der Waals surface area contributed by atoms with Crippen LogP contribution in [0.2, 0.25) is 0 Å². The van der Waals surface area contributed by atoms with E-state index in [0.29, 0.717) is 16.8 Å². The maximum absolute atomic E-state index is 13.6. The van der Waals surface area contributed by atoms with Crippen molar-refractivity contribution in [2.75, 3.05) is 20.2 Å². The minimum atomic E-state index is -3.12. The molecule has 0 bridgehead atoms. The number of nitriles is 1. The molecule has 2 aromatic heterocycles. The Labute approximate surface area is 187 Å². The average molecular weight is 451 g/mol. The molecule has 10 heteroatoms. The quantitative estimate of drug-likeness (QED) is 0.639. The van der Waals surface area contributed by atoms with Gasteiger partial charge in [-0.3, -0.25) is 14.6 Å². The number of likely N-dealkylation sites (tertiary alicyclic amines) is 1. The summed E-state index contributed by atoms with van der Waals surface area (Å²) < 4.78 is 32.3. The van der Waals surface area contributed by atoms with E-state index >= 15 is 0 Å². The number of rotatable bonds is 5. The summed E-state index contributed by atoms with van der Waals surface area (Å²) >= 11 is 0. The third kappa shape index (κ3) is 4.57. The second-order valence-corrected chi connectivity index (χ2v) is 7.59. The monoisotopic (exact) mass is 451 g/mol. The average Bonchev–Trinajstić information content (AvgIpc) is 3.16. The molecule has 1 saturated heterocycles. The van der Waals surface area contributed by atoms with E-state index in [1.807, 2.05) is 12.1 Å². The van der Waals surface area contributed by atoms with Gasteiger partial charge in [0, 0.05) is 35.8 Å². The fourth-order valence-corrected chi connectivity index (χ4v) is 3.74. The number of pyridine rings is 2. The van der Waals surface area contributed by atoms with Crippen LogP contribution in [0.3, 0.4) is 0 Å². The van der Waals surface area contributed by atoms with Crippen molar-refractivity contribution in [3.63, 3.8) is 0 Å². The molecule has 1 aliphatic rings. The summed E-state index contributed by atoms with van der Waals surface area (Å²) in [6, 6.07) is 11.0. The predicted molar refractivity (Wildman–Crippen MR) is 115 cm³/mol. The highest BCUT2D eigenvalue weighted by Gasteiger charge is 2.47. The van der Waals surface area contributed by atoms with Crippen molar-refractivity contribution in [2.24, 2.45) is 0 Å². The molecule has 2 amide bonds. The van der Waals surface area contributed by atoms with Crippen molar-refractivity contribution >= 4 is 22.7 Å². The van der Waals surface area contributed by atoms with Gasteiger partial charge in [0.1, 0.15) is 6.04 Å². The Morgan fingerprint density at radius 2 is 2.03 bits per heavy atom. The summed E-state index contributed by atoms with van der Waals surface area (Å²) in [6.45, 7) is -1.34. The molecule has 3 heterocycles. The highest BCUT2D eigenvalue weighted by Crippen LogP contribution is 2.31. The molecule has 4 rings (SSSR count). The largest absolute Gasteiger partial charge is 0.481 e. The molecule has 1 atom stereocenters. The van der Waals surface area contributed by atoms with Crippen LogP contribution in [0.4, 0.5) is 8.78 Å². The molecule has 8 nitrogen and oxygen atoms in total. The molecule has 0 aliphatic carbocycles. The normalized spacial score (nSPS) is 16.9. The van der Waals surface area contributed by atoms with E-state index in [2.05, 4.69) is 15.3 Å². The Bertz CT molecular complexity index is 1260. The van der Waals surface area contributed by atoms with Crippen molar-refractivity contribution in [3.8, 4) is 23.1 Å². The molecular weight excluding hydrogens is 432 g/mol. The van der Waals surface area contributed by atoms with Crippen molar-refractivity contribution < 1.29 is 23.1 Å². The number of nitrogens with zero attached hydrogens (tertiary/aromatic N) is 4. The Kier molecular flexibility index (Phi) is 5.87. The Morgan fingerprint density at radius 3 is 2.73 bits per heavy atom. The molecule has 33 heavy (non-hydrogen) atoms. The summed E-state index contributed by atoms with van der Waals surface area (Å²) in [5.41, 5.74) is 2.45. The third-order valence-electron chi connectivity index (χ3n) is 5.40. The molecule has 1 aliphatic heterocycles. The fourth-order valence-electron chi connectivity index (χ4n) is 3.74. The van der Waals surface area contributed by atoms with Gasteiger partial charge in [-0.05, 0) is 29.8 Å². The van der Waals surface area contributed by atoms with Crippen LogP contribution in [0.15, 0.2) is 48.8 Å². The van der Waals surface area contributed by atoms with Gasteiger partial charge in [0.25, 0.3) is 11.8 Å². The molecule has 3 aromatic rings. The lowest BCUT2D eigenvalue weighted by molar-refractivity contribution is -0.131. The van der Waals surface area contributed by atoms with E-state index in [4.69, 9.17) is 10.00 Å². The van der Waals surface area contributed by atoms with Gasteiger partial charge in [-0.2, -0.15) is 5.26 Å². The van der Waals surface area contributed by atoms with Crippen molar-refractivity contribution in [1.82, 2.24) is 20.2 Å². The van der Waals surface area contributed by atoms with Gasteiger partial charge >= 0.3 is 0 Å².